The summed E-state index contributed by atoms with van der Waals surface area (Å²) in [5, 5.41) is 0. The molecule has 0 saturated heterocycles. The maximum Gasteiger partial charge on any atom is 0.170 e. The van der Waals surface area contributed by atoms with Crippen molar-refractivity contribution in [3.8, 4) is 17.2 Å². The fraction of sp³-hybridized carbons (Fsp3) is 0.235. The first-order valence-electron chi connectivity index (χ1n) is 6.74. The molecule has 21 heavy (non-hydrogen) atoms. The van der Waals surface area contributed by atoms with Gasteiger partial charge < -0.3 is 14.2 Å². The fourth-order valence-corrected chi connectivity index (χ4v) is 2.63. The van der Waals surface area contributed by atoms with E-state index < -0.39 is 6.10 Å². The quantitative estimate of drug-likeness (QED) is 0.866. The lowest BCUT2D eigenvalue weighted by Crippen LogP contribution is -2.21. The van der Waals surface area contributed by atoms with Crippen LogP contribution in [0.3, 0.4) is 0 Å². The topological polar surface area (TPSA) is 44.8 Å². The summed E-state index contributed by atoms with van der Waals surface area (Å²) in [6.07, 6.45) is -0.133. The van der Waals surface area contributed by atoms with Gasteiger partial charge in [0.1, 0.15) is 23.4 Å². The summed E-state index contributed by atoms with van der Waals surface area (Å²) in [5.74, 6) is 1.99. The van der Waals surface area contributed by atoms with Crippen molar-refractivity contribution in [1.82, 2.24) is 0 Å². The molecule has 1 heterocycles. The Morgan fingerprint density at radius 3 is 2.33 bits per heavy atom. The van der Waals surface area contributed by atoms with E-state index in [4.69, 9.17) is 14.2 Å². The van der Waals surface area contributed by atoms with Gasteiger partial charge in [0.15, 0.2) is 5.78 Å². The molecule has 0 aromatic heterocycles. The zero-order chi connectivity index (χ0) is 14.8. The summed E-state index contributed by atoms with van der Waals surface area (Å²) in [5.41, 5.74) is 1.40. The summed E-state index contributed by atoms with van der Waals surface area (Å²) in [6.45, 7) is 0. The molecule has 108 valence electrons. The third-order valence-electron chi connectivity index (χ3n) is 3.62. The third kappa shape index (κ3) is 2.33. The zero-order valence-corrected chi connectivity index (χ0v) is 12.0. The Morgan fingerprint density at radius 2 is 1.67 bits per heavy atom. The molecule has 4 heteroatoms. The summed E-state index contributed by atoms with van der Waals surface area (Å²) in [4.78, 5) is 12.3. The van der Waals surface area contributed by atoms with Crippen LogP contribution in [0.15, 0.2) is 42.5 Å². The van der Waals surface area contributed by atoms with Crippen LogP contribution < -0.4 is 14.2 Å². The van der Waals surface area contributed by atoms with E-state index in [0.717, 1.165) is 5.56 Å². The number of benzene rings is 2. The Labute approximate surface area is 123 Å². The molecule has 4 nitrogen and oxygen atoms in total. The molecule has 0 radical (unpaired) electrons. The monoisotopic (exact) mass is 284 g/mol. The van der Waals surface area contributed by atoms with Crippen LogP contribution in [0.25, 0.3) is 0 Å². The summed E-state index contributed by atoms with van der Waals surface area (Å²) >= 11 is 0. The lowest BCUT2D eigenvalue weighted by atomic mass is 9.95. The van der Waals surface area contributed by atoms with E-state index in [1.165, 1.54) is 0 Å². The Morgan fingerprint density at radius 1 is 1.00 bits per heavy atom. The number of ether oxygens (including phenoxy) is 3. The standard InChI is InChI=1S/C17H16O4/c1-19-14-8-5-9-15(20-2)17(14)16-10-12(18)11-6-3-4-7-13(11)21-16/h3-9,16H,10H2,1-2H3. The number of Topliss-reactive ketones (excluding diaryl/α,β-unsaturated/α-hetero) is 1. The molecule has 2 aromatic rings. The van der Waals surface area contributed by atoms with Crippen molar-refractivity contribution in [1.29, 1.82) is 0 Å². The van der Waals surface area contributed by atoms with Crippen molar-refractivity contribution < 1.29 is 19.0 Å². The Bertz CT molecular complexity index is 656. The van der Waals surface area contributed by atoms with Gasteiger partial charge in [0.25, 0.3) is 0 Å². The predicted octanol–water partition coefficient (Wildman–Crippen LogP) is 3.41. The molecule has 0 bridgehead atoms. The summed E-state index contributed by atoms with van der Waals surface area (Å²) in [7, 11) is 3.19. The average Bonchev–Trinajstić information content (AvgIpc) is 2.54. The van der Waals surface area contributed by atoms with Crippen LogP contribution in [0.5, 0.6) is 17.2 Å². The van der Waals surface area contributed by atoms with Gasteiger partial charge in [0, 0.05) is 0 Å². The van der Waals surface area contributed by atoms with Gasteiger partial charge in [-0.25, -0.2) is 0 Å². The number of ketones is 1. The van der Waals surface area contributed by atoms with Crippen LogP contribution in [-0.2, 0) is 0 Å². The number of carbonyl (C=O) groups excluding carboxylic acids is 1. The average molecular weight is 284 g/mol. The van der Waals surface area contributed by atoms with Crippen LogP contribution in [0, 0.1) is 0 Å². The van der Waals surface area contributed by atoms with Gasteiger partial charge in [0.2, 0.25) is 0 Å². The van der Waals surface area contributed by atoms with Crippen LogP contribution in [0.1, 0.15) is 28.4 Å². The van der Waals surface area contributed by atoms with Gasteiger partial charge >= 0.3 is 0 Å². The highest BCUT2D eigenvalue weighted by Gasteiger charge is 2.31. The third-order valence-corrected chi connectivity index (χ3v) is 3.62. The largest absolute Gasteiger partial charge is 0.496 e. The maximum atomic E-state index is 12.3. The summed E-state index contributed by atoms with van der Waals surface area (Å²) < 4.78 is 16.8. The number of hydrogen-bond donors (Lipinski definition) is 0. The van der Waals surface area contributed by atoms with E-state index in [-0.39, 0.29) is 12.2 Å². The number of fused-ring (bicyclic) bond motifs is 1. The second-order valence-corrected chi connectivity index (χ2v) is 4.81. The number of para-hydroxylation sites is 1. The van der Waals surface area contributed by atoms with Crippen LogP contribution >= 0.6 is 0 Å². The molecular formula is C17H16O4. The van der Waals surface area contributed by atoms with Crippen LogP contribution in [0.4, 0.5) is 0 Å². The van der Waals surface area contributed by atoms with Gasteiger partial charge in [-0.1, -0.05) is 18.2 Å². The zero-order valence-electron chi connectivity index (χ0n) is 12.0. The van der Waals surface area contributed by atoms with E-state index in [2.05, 4.69) is 0 Å². The first-order chi connectivity index (χ1) is 10.2. The number of methoxy groups -OCH3 is 2. The van der Waals surface area contributed by atoms with Crippen molar-refractivity contribution in [3.05, 3.63) is 53.6 Å². The first kappa shape index (κ1) is 13.5. The lowest BCUT2D eigenvalue weighted by molar-refractivity contribution is 0.0843. The SMILES string of the molecule is COc1cccc(OC)c1C1CC(=O)c2ccccc2O1. The Hall–Kier alpha value is -2.49. The minimum absolute atomic E-state index is 0.0646. The Balaban J connectivity index is 2.05. The van der Waals surface area contributed by atoms with E-state index in [0.29, 0.717) is 22.8 Å². The molecule has 1 aliphatic rings. The second-order valence-electron chi connectivity index (χ2n) is 4.81. The first-order valence-corrected chi connectivity index (χ1v) is 6.74. The molecule has 0 amide bonds. The van der Waals surface area contributed by atoms with Gasteiger partial charge in [-0.2, -0.15) is 0 Å². The van der Waals surface area contributed by atoms with Crippen LogP contribution in [0.2, 0.25) is 0 Å². The highest BCUT2D eigenvalue weighted by atomic mass is 16.5. The lowest BCUT2D eigenvalue weighted by Gasteiger charge is -2.27. The number of rotatable bonds is 3. The highest BCUT2D eigenvalue weighted by molar-refractivity contribution is 6.00. The molecule has 0 aliphatic carbocycles. The van der Waals surface area contributed by atoms with E-state index in [9.17, 15) is 4.79 Å². The van der Waals surface area contributed by atoms with Crippen molar-refractivity contribution in [2.75, 3.05) is 14.2 Å². The molecule has 0 spiro atoms. The molecule has 1 unspecified atom stereocenters. The molecule has 1 aliphatic heterocycles. The minimum atomic E-state index is -0.404. The molecular weight excluding hydrogens is 268 g/mol. The molecule has 0 fully saturated rings. The highest BCUT2D eigenvalue weighted by Crippen LogP contribution is 2.42. The number of hydrogen-bond acceptors (Lipinski definition) is 4. The normalized spacial score (nSPS) is 16.9. The molecule has 0 saturated carbocycles. The Kier molecular flexibility index (Phi) is 3.52. The van der Waals surface area contributed by atoms with Gasteiger partial charge in [-0.05, 0) is 24.3 Å². The molecule has 2 aromatic carbocycles. The van der Waals surface area contributed by atoms with Crippen molar-refractivity contribution in [2.24, 2.45) is 0 Å². The van der Waals surface area contributed by atoms with Gasteiger partial charge in [-0.3, -0.25) is 4.79 Å². The van der Waals surface area contributed by atoms with Crippen molar-refractivity contribution >= 4 is 5.78 Å². The maximum absolute atomic E-state index is 12.3. The van der Waals surface area contributed by atoms with Crippen molar-refractivity contribution in [2.45, 2.75) is 12.5 Å². The van der Waals surface area contributed by atoms with E-state index in [1.807, 2.05) is 30.3 Å². The predicted molar refractivity (Wildman–Crippen MR) is 78.3 cm³/mol. The van der Waals surface area contributed by atoms with E-state index in [1.54, 1.807) is 26.4 Å². The minimum Gasteiger partial charge on any atom is -0.496 e. The smallest absolute Gasteiger partial charge is 0.170 e. The van der Waals surface area contributed by atoms with Gasteiger partial charge in [0.05, 0.1) is 31.8 Å². The summed E-state index contributed by atoms with van der Waals surface area (Å²) in [6, 6.07) is 12.8. The van der Waals surface area contributed by atoms with E-state index >= 15 is 0 Å². The van der Waals surface area contributed by atoms with Crippen LogP contribution in [-0.4, -0.2) is 20.0 Å². The molecule has 0 N–H and O–H groups in total. The fourth-order valence-electron chi connectivity index (χ4n) is 2.63. The van der Waals surface area contributed by atoms with Gasteiger partial charge in [-0.15, -0.1) is 0 Å². The second kappa shape index (κ2) is 5.48. The number of carbonyl (C=O) groups is 1. The molecule has 1 atom stereocenters. The van der Waals surface area contributed by atoms with Crippen molar-refractivity contribution in [3.63, 3.8) is 0 Å². The molecule has 3 rings (SSSR count).